The van der Waals surface area contributed by atoms with E-state index < -0.39 is 0 Å². The smallest absolute Gasteiger partial charge is 0.0314 e. The third kappa shape index (κ3) is 10.0. The fourth-order valence-electron chi connectivity index (χ4n) is 4.18. The first-order valence-corrected chi connectivity index (χ1v) is 12.1. The van der Waals surface area contributed by atoms with E-state index in [1.165, 1.54) is 106 Å². The third-order valence-electron chi connectivity index (χ3n) is 6.09. The van der Waals surface area contributed by atoms with Crippen molar-refractivity contribution in [3.05, 3.63) is 64.7 Å². The topological polar surface area (TPSA) is 26.0 Å². The predicted molar refractivity (Wildman–Crippen MR) is 130 cm³/mol. The minimum atomic E-state index is 0.836. The summed E-state index contributed by atoms with van der Waals surface area (Å²) < 4.78 is 0. The molecule has 1 heteroatoms. The first kappa shape index (κ1) is 23.5. The fraction of sp³-hybridized carbons (Fsp3) is 0.571. The molecule has 0 heterocycles. The molecule has 2 aromatic rings. The molecule has 0 radical (unpaired) electrons. The van der Waals surface area contributed by atoms with Gasteiger partial charge in [0.1, 0.15) is 0 Å². The van der Waals surface area contributed by atoms with Crippen LogP contribution in [0.2, 0.25) is 0 Å². The van der Waals surface area contributed by atoms with Crippen LogP contribution in [0.25, 0.3) is 0 Å². The second-order valence-corrected chi connectivity index (χ2v) is 8.82. The van der Waals surface area contributed by atoms with Gasteiger partial charge >= 0.3 is 0 Å². The zero-order valence-electron chi connectivity index (χ0n) is 19.0. The zero-order valence-corrected chi connectivity index (χ0v) is 19.0. The molecule has 0 aliphatic carbocycles. The van der Waals surface area contributed by atoms with Crippen molar-refractivity contribution in [3.63, 3.8) is 0 Å². The van der Waals surface area contributed by atoms with Crippen LogP contribution in [0.15, 0.2) is 42.5 Å². The molecule has 0 aromatic heterocycles. The third-order valence-corrected chi connectivity index (χ3v) is 6.09. The van der Waals surface area contributed by atoms with Gasteiger partial charge in [-0.3, -0.25) is 0 Å². The van der Waals surface area contributed by atoms with Gasteiger partial charge in [-0.2, -0.15) is 0 Å². The van der Waals surface area contributed by atoms with Crippen LogP contribution in [0, 0.1) is 6.92 Å². The predicted octanol–water partition coefficient (Wildman–Crippen LogP) is 8.41. The van der Waals surface area contributed by atoms with Gasteiger partial charge in [-0.05, 0) is 60.6 Å². The molecule has 0 aliphatic heterocycles. The van der Waals surface area contributed by atoms with Crippen molar-refractivity contribution < 1.29 is 0 Å². The molecule has 0 aliphatic rings. The monoisotopic (exact) mass is 393 g/mol. The minimum Gasteiger partial charge on any atom is -0.399 e. The van der Waals surface area contributed by atoms with Gasteiger partial charge in [0.05, 0.1) is 0 Å². The molecule has 0 bridgehead atoms. The SMILES string of the molecule is CCCCCCCCCCCCCCc1ccc(Cc2ccc(N)cc2)cc1C. The van der Waals surface area contributed by atoms with Crippen LogP contribution in [0.1, 0.15) is 106 Å². The van der Waals surface area contributed by atoms with Crippen LogP contribution in [0.4, 0.5) is 5.69 Å². The maximum Gasteiger partial charge on any atom is 0.0314 e. The summed E-state index contributed by atoms with van der Waals surface area (Å²) in [6.45, 7) is 4.56. The first-order chi connectivity index (χ1) is 14.2. The van der Waals surface area contributed by atoms with E-state index in [9.17, 15) is 0 Å². The lowest BCUT2D eigenvalue weighted by Crippen LogP contribution is -1.95. The van der Waals surface area contributed by atoms with Gasteiger partial charge in [-0.25, -0.2) is 0 Å². The average Bonchev–Trinajstić information content (AvgIpc) is 2.72. The Bertz CT molecular complexity index is 671. The summed E-state index contributed by atoms with van der Waals surface area (Å²) in [6.07, 6.45) is 19.2. The van der Waals surface area contributed by atoms with E-state index in [0.717, 1.165) is 12.1 Å². The quantitative estimate of drug-likeness (QED) is 0.238. The van der Waals surface area contributed by atoms with E-state index in [1.54, 1.807) is 0 Å². The van der Waals surface area contributed by atoms with E-state index in [0.29, 0.717) is 0 Å². The average molecular weight is 394 g/mol. The van der Waals surface area contributed by atoms with Gasteiger partial charge in [-0.1, -0.05) is 108 Å². The first-order valence-electron chi connectivity index (χ1n) is 12.1. The molecule has 2 aromatic carbocycles. The van der Waals surface area contributed by atoms with Crippen LogP contribution in [0.3, 0.4) is 0 Å². The Morgan fingerprint density at radius 3 is 1.69 bits per heavy atom. The van der Waals surface area contributed by atoms with Crippen molar-refractivity contribution in [2.24, 2.45) is 0 Å². The maximum atomic E-state index is 5.78. The summed E-state index contributed by atoms with van der Waals surface area (Å²) in [5.74, 6) is 0. The molecule has 0 atom stereocenters. The highest BCUT2D eigenvalue weighted by Crippen LogP contribution is 2.18. The van der Waals surface area contributed by atoms with E-state index in [-0.39, 0.29) is 0 Å². The number of hydrogen-bond acceptors (Lipinski definition) is 1. The van der Waals surface area contributed by atoms with Gasteiger partial charge in [0.2, 0.25) is 0 Å². The molecule has 0 saturated carbocycles. The number of aryl methyl sites for hydroxylation is 2. The van der Waals surface area contributed by atoms with Crippen molar-refractivity contribution >= 4 is 5.69 Å². The summed E-state index contributed by atoms with van der Waals surface area (Å²) >= 11 is 0. The minimum absolute atomic E-state index is 0.836. The molecule has 0 saturated heterocycles. The maximum absolute atomic E-state index is 5.78. The molecule has 0 amide bonds. The van der Waals surface area contributed by atoms with Crippen molar-refractivity contribution in [2.45, 2.75) is 104 Å². The Hall–Kier alpha value is -1.76. The van der Waals surface area contributed by atoms with Crippen molar-refractivity contribution in [1.82, 2.24) is 0 Å². The largest absolute Gasteiger partial charge is 0.399 e. The summed E-state index contributed by atoms with van der Waals surface area (Å²) in [5.41, 5.74) is 12.3. The molecule has 2 N–H and O–H groups in total. The van der Waals surface area contributed by atoms with Gasteiger partial charge in [0.25, 0.3) is 0 Å². The number of benzene rings is 2. The summed E-state index contributed by atoms with van der Waals surface area (Å²) in [4.78, 5) is 0. The molecule has 0 spiro atoms. The normalized spacial score (nSPS) is 11.1. The molecule has 2 rings (SSSR count). The Morgan fingerprint density at radius 1 is 0.621 bits per heavy atom. The van der Waals surface area contributed by atoms with Crippen LogP contribution in [-0.4, -0.2) is 0 Å². The summed E-state index contributed by atoms with van der Waals surface area (Å²) in [7, 11) is 0. The van der Waals surface area contributed by atoms with Crippen molar-refractivity contribution in [3.8, 4) is 0 Å². The van der Waals surface area contributed by atoms with Gasteiger partial charge in [0.15, 0.2) is 0 Å². The molecule has 0 fully saturated rings. The Kier molecular flexibility index (Phi) is 11.6. The number of hydrogen-bond donors (Lipinski definition) is 1. The van der Waals surface area contributed by atoms with Crippen molar-refractivity contribution in [2.75, 3.05) is 5.73 Å². The number of nitrogen functional groups attached to an aromatic ring is 1. The fourth-order valence-corrected chi connectivity index (χ4v) is 4.18. The van der Waals surface area contributed by atoms with Gasteiger partial charge in [-0.15, -0.1) is 0 Å². The van der Waals surface area contributed by atoms with Crippen LogP contribution in [-0.2, 0) is 12.8 Å². The van der Waals surface area contributed by atoms with E-state index in [4.69, 9.17) is 5.73 Å². The van der Waals surface area contributed by atoms with Crippen molar-refractivity contribution in [1.29, 1.82) is 0 Å². The molecule has 29 heavy (non-hydrogen) atoms. The van der Waals surface area contributed by atoms with Gasteiger partial charge in [0, 0.05) is 5.69 Å². The highest BCUT2D eigenvalue weighted by Gasteiger charge is 2.02. The highest BCUT2D eigenvalue weighted by atomic mass is 14.5. The lowest BCUT2D eigenvalue weighted by atomic mass is 9.96. The van der Waals surface area contributed by atoms with Crippen LogP contribution >= 0.6 is 0 Å². The zero-order chi connectivity index (χ0) is 20.7. The second-order valence-electron chi connectivity index (χ2n) is 8.82. The standard InChI is InChI=1S/C28H43N/c1-3-4-5-6-7-8-9-10-11-12-13-14-15-27-19-16-26(22-24(27)2)23-25-17-20-28(29)21-18-25/h16-22H,3-15,23,29H2,1-2H3. The van der Waals surface area contributed by atoms with E-state index in [1.807, 2.05) is 12.1 Å². The molecule has 1 nitrogen and oxygen atoms in total. The Morgan fingerprint density at radius 2 is 1.14 bits per heavy atom. The molecule has 160 valence electrons. The highest BCUT2D eigenvalue weighted by molar-refractivity contribution is 5.41. The van der Waals surface area contributed by atoms with Gasteiger partial charge < -0.3 is 5.73 Å². The van der Waals surface area contributed by atoms with Crippen LogP contribution in [0.5, 0.6) is 0 Å². The molecular weight excluding hydrogens is 350 g/mol. The lowest BCUT2D eigenvalue weighted by molar-refractivity contribution is 0.544. The molecular formula is C28H43N. The number of nitrogens with two attached hydrogens (primary N) is 1. The summed E-state index contributed by atoms with van der Waals surface area (Å²) in [5, 5.41) is 0. The van der Waals surface area contributed by atoms with E-state index >= 15 is 0 Å². The lowest BCUT2D eigenvalue weighted by Gasteiger charge is -2.09. The Balaban J connectivity index is 1.56. The summed E-state index contributed by atoms with van der Waals surface area (Å²) in [6, 6.07) is 15.3. The number of unbranched alkanes of at least 4 members (excludes halogenated alkanes) is 11. The van der Waals surface area contributed by atoms with Crippen LogP contribution < -0.4 is 5.73 Å². The molecule has 0 unspecified atom stereocenters. The Labute approximate surface area is 180 Å². The number of rotatable bonds is 15. The number of anilines is 1. The van der Waals surface area contributed by atoms with E-state index in [2.05, 4.69) is 44.2 Å². The second kappa shape index (κ2) is 14.3.